The highest BCUT2D eigenvalue weighted by Gasteiger charge is 2.17. The van der Waals surface area contributed by atoms with Crippen molar-refractivity contribution in [3.05, 3.63) is 48.2 Å². The van der Waals surface area contributed by atoms with E-state index in [1.54, 1.807) is 0 Å². The first-order chi connectivity index (χ1) is 10.3. The Morgan fingerprint density at radius 1 is 1.18 bits per heavy atom. The van der Waals surface area contributed by atoms with Crippen molar-refractivity contribution in [3.8, 4) is 11.3 Å². The van der Waals surface area contributed by atoms with Gasteiger partial charge < -0.3 is 15.1 Å². The molecule has 0 unspecified atom stereocenters. The average Bonchev–Trinajstić information content (AvgIpc) is 2.93. The molecule has 1 fully saturated rings. The Hall–Kier alpha value is -1.78. The second-order valence-corrected chi connectivity index (χ2v) is 5.46. The van der Waals surface area contributed by atoms with Gasteiger partial charge in [-0.3, -0.25) is 4.79 Å². The largest absolute Gasteiger partial charge is 0.461 e. The monoisotopic (exact) mass is 320 g/mol. The Balaban J connectivity index is 0.00000176. The maximum Gasteiger partial charge on any atom is 0.220 e. The van der Waals surface area contributed by atoms with Crippen LogP contribution in [-0.2, 0) is 11.2 Å². The summed E-state index contributed by atoms with van der Waals surface area (Å²) in [6.07, 6.45) is 1.11. The number of hydrogen-bond acceptors (Lipinski definition) is 3. The normalized spacial score (nSPS) is 14.0. The van der Waals surface area contributed by atoms with Crippen LogP contribution in [0.2, 0.25) is 0 Å². The van der Waals surface area contributed by atoms with Gasteiger partial charge in [0.2, 0.25) is 5.91 Å². The summed E-state index contributed by atoms with van der Waals surface area (Å²) in [6, 6.07) is 13.9. The van der Waals surface area contributed by atoms with E-state index in [1.807, 2.05) is 42.5 Å². The molecule has 2 heterocycles. The lowest BCUT2D eigenvalue weighted by Gasteiger charge is -2.27. The van der Waals surface area contributed by atoms with Crippen LogP contribution in [0, 0.1) is 5.92 Å². The van der Waals surface area contributed by atoms with Gasteiger partial charge in [0.15, 0.2) is 0 Å². The molecule has 2 N–H and O–H groups in total. The number of hydrogen-bond donors (Lipinski definition) is 2. The van der Waals surface area contributed by atoms with Gasteiger partial charge in [-0.15, -0.1) is 12.4 Å². The van der Waals surface area contributed by atoms with Crippen molar-refractivity contribution in [2.45, 2.75) is 12.8 Å². The van der Waals surface area contributed by atoms with E-state index in [-0.39, 0.29) is 18.3 Å². The lowest BCUT2D eigenvalue weighted by molar-refractivity contribution is -0.121. The zero-order chi connectivity index (χ0) is 14.5. The van der Waals surface area contributed by atoms with Crippen molar-refractivity contribution < 1.29 is 9.21 Å². The number of aryl methyl sites for hydroxylation is 1. The maximum absolute atomic E-state index is 11.8. The van der Waals surface area contributed by atoms with Crippen LogP contribution in [-0.4, -0.2) is 25.5 Å². The van der Waals surface area contributed by atoms with E-state index < -0.39 is 0 Å². The summed E-state index contributed by atoms with van der Waals surface area (Å²) < 4.78 is 5.79. The molecule has 0 spiro atoms. The Bertz CT molecular complexity index is 594. The Morgan fingerprint density at radius 3 is 2.64 bits per heavy atom. The molecule has 1 aromatic carbocycles. The lowest BCUT2D eigenvalue weighted by Crippen LogP contribution is -2.48. The molecule has 1 amide bonds. The molecular weight excluding hydrogens is 300 g/mol. The molecular formula is C17H21ClN2O2. The van der Waals surface area contributed by atoms with Crippen molar-refractivity contribution in [2.24, 2.45) is 5.92 Å². The van der Waals surface area contributed by atoms with E-state index >= 15 is 0 Å². The van der Waals surface area contributed by atoms with E-state index in [2.05, 4.69) is 10.6 Å². The summed E-state index contributed by atoms with van der Waals surface area (Å²) in [6.45, 7) is 2.80. The number of amides is 1. The van der Waals surface area contributed by atoms with Crippen LogP contribution in [0.1, 0.15) is 12.2 Å². The van der Waals surface area contributed by atoms with Gasteiger partial charge in [-0.25, -0.2) is 0 Å². The van der Waals surface area contributed by atoms with Crippen LogP contribution in [0.5, 0.6) is 0 Å². The third kappa shape index (κ3) is 4.36. The van der Waals surface area contributed by atoms with Crippen LogP contribution in [0.25, 0.3) is 11.3 Å². The predicted molar refractivity (Wildman–Crippen MR) is 89.1 cm³/mol. The molecule has 0 bridgehead atoms. The fourth-order valence-electron chi connectivity index (χ4n) is 2.35. The SMILES string of the molecule is Cl.O=C(CCc1ccc(-c2ccccc2)o1)NCC1CNC1. The molecule has 1 saturated heterocycles. The molecule has 1 aromatic heterocycles. The first-order valence-corrected chi connectivity index (χ1v) is 7.43. The lowest BCUT2D eigenvalue weighted by atomic mass is 10.0. The van der Waals surface area contributed by atoms with Crippen LogP contribution >= 0.6 is 12.4 Å². The minimum Gasteiger partial charge on any atom is -0.461 e. The fourth-order valence-corrected chi connectivity index (χ4v) is 2.35. The van der Waals surface area contributed by atoms with E-state index in [0.717, 1.165) is 36.7 Å². The molecule has 22 heavy (non-hydrogen) atoms. The molecule has 2 aromatic rings. The Labute approximate surface area is 136 Å². The first kappa shape index (κ1) is 16.6. The van der Waals surface area contributed by atoms with Crippen LogP contribution in [0.15, 0.2) is 46.9 Å². The van der Waals surface area contributed by atoms with Crippen molar-refractivity contribution in [2.75, 3.05) is 19.6 Å². The van der Waals surface area contributed by atoms with Crippen LogP contribution in [0.3, 0.4) is 0 Å². The van der Waals surface area contributed by atoms with Crippen molar-refractivity contribution in [1.29, 1.82) is 0 Å². The fraction of sp³-hybridized carbons (Fsp3) is 0.353. The molecule has 4 nitrogen and oxygen atoms in total. The van der Waals surface area contributed by atoms with Gasteiger partial charge in [0, 0.05) is 44.0 Å². The number of carbonyl (C=O) groups is 1. The summed E-state index contributed by atoms with van der Waals surface area (Å²) >= 11 is 0. The number of rotatable bonds is 6. The number of furan rings is 1. The van der Waals surface area contributed by atoms with Crippen LogP contribution < -0.4 is 10.6 Å². The second kappa shape index (κ2) is 8.01. The summed E-state index contributed by atoms with van der Waals surface area (Å²) in [5, 5.41) is 6.17. The number of halogens is 1. The molecule has 0 aliphatic carbocycles. The first-order valence-electron chi connectivity index (χ1n) is 7.43. The van der Waals surface area contributed by atoms with Crippen molar-refractivity contribution >= 4 is 18.3 Å². The predicted octanol–water partition coefficient (Wildman–Crippen LogP) is 2.64. The third-order valence-electron chi connectivity index (χ3n) is 3.77. The number of carbonyl (C=O) groups excluding carboxylic acids is 1. The topological polar surface area (TPSA) is 54.3 Å². The highest BCUT2D eigenvalue weighted by molar-refractivity contribution is 5.85. The minimum atomic E-state index is 0. The molecule has 0 radical (unpaired) electrons. The summed E-state index contributed by atoms with van der Waals surface area (Å²) in [7, 11) is 0. The highest BCUT2D eigenvalue weighted by atomic mass is 35.5. The molecule has 0 saturated carbocycles. The highest BCUT2D eigenvalue weighted by Crippen LogP contribution is 2.22. The standard InChI is InChI=1S/C17H20N2O2.ClH/c20-17(19-12-13-10-18-11-13)9-7-15-6-8-16(21-15)14-4-2-1-3-5-14;/h1-6,8,13,18H,7,9-12H2,(H,19,20);1H. The molecule has 118 valence electrons. The van der Waals surface area contributed by atoms with E-state index in [9.17, 15) is 4.79 Å². The molecule has 1 aliphatic heterocycles. The zero-order valence-corrected chi connectivity index (χ0v) is 13.2. The van der Waals surface area contributed by atoms with Crippen molar-refractivity contribution in [3.63, 3.8) is 0 Å². The molecule has 1 aliphatic rings. The van der Waals surface area contributed by atoms with Gasteiger partial charge >= 0.3 is 0 Å². The van der Waals surface area contributed by atoms with Crippen molar-refractivity contribution in [1.82, 2.24) is 10.6 Å². The third-order valence-corrected chi connectivity index (χ3v) is 3.77. The van der Waals surface area contributed by atoms with Gasteiger partial charge in [-0.05, 0) is 12.1 Å². The summed E-state index contributed by atoms with van der Waals surface area (Å²) in [5.41, 5.74) is 1.06. The smallest absolute Gasteiger partial charge is 0.220 e. The van der Waals surface area contributed by atoms with Gasteiger partial charge in [-0.2, -0.15) is 0 Å². The van der Waals surface area contributed by atoms with Gasteiger partial charge in [0.1, 0.15) is 11.5 Å². The van der Waals surface area contributed by atoms with Gasteiger partial charge in [-0.1, -0.05) is 30.3 Å². The second-order valence-electron chi connectivity index (χ2n) is 5.46. The van der Waals surface area contributed by atoms with E-state index in [1.165, 1.54) is 0 Å². The average molecular weight is 321 g/mol. The quantitative estimate of drug-likeness (QED) is 0.860. The van der Waals surface area contributed by atoms with E-state index in [4.69, 9.17) is 4.42 Å². The maximum atomic E-state index is 11.8. The summed E-state index contributed by atoms with van der Waals surface area (Å²) in [5.74, 6) is 2.41. The number of benzene rings is 1. The minimum absolute atomic E-state index is 0. The zero-order valence-electron chi connectivity index (χ0n) is 12.4. The van der Waals surface area contributed by atoms with E-state index in [0.29, 0.717) is 18.8 Å². The number of nitrogens with one attached hydrogen (secondary N) is 2. The molecule has 3 rings (SSSR count). The molecule has 5 heteroatoms. The summed E-state index contributed by atoms with van der Waals surface area (Å²) in [4.78, 5) is 11.8. The molecule has 0 atom stereocenters. The Morgan fingerprint density at radius 2 is 1.95 bits per heavy atom. The van der Waals surface area contributed by atoms with Gasteiger partial charge in [0.05, 0.1) is 0 Å². The van der Waals surface area contributed by atoms with Crippen LogP contribution in [0.4, 0.5) is 0 Å². The van der Waals surface area contributed by atoms with Gasteiger partial charge in [0.25, 0.3) is 0 Å². The Kier molecular flexibility index (Phi) is 6.04.